The number of para-hydroxylation sites is 2. The molecule has 7 nitrogen and oxygen atoms in total. The predicted molar refractivity (Wildman–Crippen MR) is 118 cm³/mol. The molecule has 164 valence electrons. The summed E-state index contributed by atoms with van der Waals surface area (Å²) in [6, 6.07) is 19.7. The van der Waals surface area contributed by atoms with E-state index in [9.17, 15) is 19.3 Å². The second-order valence-electron chi connectivity index (χ2n) is 7.47. The van der Waals surface area contributed by atoms with Crippen molar-refractivity contribution in [3.63, 3.8) is 0 Å². The van der Waals surface area contributed by atoms with Crippen molar-refractivity contribution in [2.24, 2.45) is 0 Å². The van der Waals surface area contributed by atoms with Crippen molar-refractivity contribution >= 4 is 17.3 Å². The number of nitrogens with zero attached hydrogens (tertiary/aromatic N) is 3. The van der Waals surface area contributed by atoms with E-state index < -0.39 is 0 Å². The van der Waals surface area contributed by atoms with Gasteiger partial charge in [-0.3, -0.25) is 14.9 Å². The molecule has 0 atom stereocenters. The summed E-state index contributed by atoms with van der Waals surface area (Å²) in [7, 11) is 0. The lowest BCUT2D eigenvalue weighted by Gasteiger charge is -2.35. The summed E-state index contributed by atoms with van der Waals surface area (Å²) in [5, 5.41) is 11.3. The number of piperazine rings is 1. The van der Waals surface area contributed by atoms with E-state index in [4.69, 9.17) is 4.74 Å². The zero-order chi connectivity index (χ0) is 22.5. The van der Waals surface area contributed by atoms with Gasteiger partial charge in [-0.2, -0.15) is 0 Å². The van der Waals surface area contributed by atoms with Gasteiger partial charge in [0.2, 0.25) is 0 Å². The highest BCUT2D eigenvalue weighted by atomic mass is 19.1. The molecule has 0 aromatic heterocycles. The molecule has 0 saturated carbocycles. The molecule has 0 aliphatic carbocycles. The molecule has 0 N–H and O–H groups in total. The number of carbonyl (C=O) groups is 1. The minimum absolute atomic E-state index is 0.0679. The van der Waals surface area contributed by atoms with E-state index >= 15 is 0 Å². The van der Waals surface area contributed by atoms with Crippen molar-refractivity contribution < 1.29 is 18.8 Å². The third-order valence-electron chi connectivity index (χ3n) is 5.39. The Morgan fingerprint density at radius 1 is 0.969 bits per heavy atom. The minimum atomic E-state index is -0.385. The van der Waals surface area contributed by atoms with E-state index in [1.807, 2.05) is 4.90 Å². The average molecular weight is 435 g/mol. The van der Waals surface area contributed by atoms with Gasteiger partial charge in [0.05, 0.1) is 4.92 Å². The number of amides is 1. The molecule has 4 rings (SSSR count). The molecule has 0 spiro atoms. The number of rotatable bonds is 6. The maximum absolute atomic E-state index is 13.0. The van der Waals surface area contributed by atoms with Gasteiger partial charge >= 0.3 is 0 Å². The second-order valence-corrected chi connectivity index (χ2v) is 7.47. The third kappa shape index (κ3) is 4.85. The van der Waals surface area contributed by atoms with Gasteiger partial charge in [-0.15, -0.1) is 0 Å². The lowest BCUT2D eigenvalue weighted by molar-refractivity contribution is -0.384. The summed E-state index contributed by atoms with van der Waals surface area (Å²) >= 11 is 0. The Hall–Kier alpha value is -3.94. The van der Waals surface area contributed by atoms with Crippen molar-refractivity contribution in [3.05, 3.63) is 99.9 Å². The molecule has 0 bridgehead atoms. The van der Waals surface area contributed by atoms with Crippen LogP contribution in [0.15, 0.2) is 72.8 Å². The molecule has 0 radical (unpaired) electrons. The Morgan fingerprint density at radius 3 is 2.41 bits per heavy atom. The fourth-order valence-corrected chi connectivity index (χ4v) is 3.69. The summed E-state index contributed by atoms with van der Waals surface area (Å²) in [5.74, 6) is 0.140. The van der Waals surface area contributed by atoms with Crippen molar-refractivity contribution in [3.8, 4) is 5.75 Å². The van der Waals surface area contributed by atoms with Gasteiger partial charge in [0, 0.05) is 37.8 Å². The van der Waals surface area contributed by atoms with Gasteiger partial charge in [-0.1, -0.05) is 30.3 Å². The summed E-state index contributed by atoms with van der Waals surface area (Å²) < 4.78 is 18.8. The maximum Gasteiger partial charge on any atom is 0.292 e. The highest BCUT2D eigenvalue weighted by molar-refractivity contribution is 5.94. The van der Waals surface area contributed by atoms with Crippen LogP contribution >= 0.6 is 0 Å². The number of halogens is 1. The molecule has 1 aliphatic rings. The first kappa shape index (κ1) is 21.3. The molecular formula is C24H22FN3O4. The van der Waals surface area contributed by atoms with E-state index in [2.05, 4.69) is 0 Å². The van der Waals surface area contributed by atoms with Crippen LogP contribution in [0.4, 0.5) is 15.8 Å². The lowest BCUT2D eigenvalue weighted by Crippen LogP contribution is -2.48. The van der Waals surface area contributed by atoms with E-state index in [-0.39, 0.29) is 28.9 Å². The van der Waals surface area contributed by atoms with Crippen LogP contribution in [0, 0.1) is 15.9 Å². The van der Waals surface area contributed by atoms with Crippen LogP contribution in [-0.4, -0.2) is 41.9 Å². The molecule has 32 heavy (non-hydrogen) atoms. The van der Waals surface area contributed by atoms with Crippen molar-refractivity contribution in [1.29, 1.82) is 0 Å². The van der Waals surface area contributed by atoms with E-state index in [0.29, 0.717) is 43.2 Å². The van der Waals surface area contributed by atoms with Crippen molar-refractivity contribution in [2.75, 3.05) is 31.1 Å². The third-order valence-corrected chi connectivity index (χ3v) is 5.39. The average Bonchev–Trinajstić information content (AvgIpc) is 2.83. The number of anilines is 1. The first-order valence-electron chi connectivity index (χ1n) is 10.3. The molecule has 0 unspecified atom stereocenters. The van der Waals surface area contributed by atoms with Crippen LogP contribution in [0.5, 0.6) is 5.75 Å². The largest absolute Gasteiger partial charge is 0.489 e. The number of hydrogen-bond acceptors (Lipinski definition) is 5. The molecule has 1 heterocycles. The molecular weight excluding hydrogens is 413 g/mol. The molecule has 3 aromatic rings. The highest BCUT2D eigenvalue weighted by Crippen LogP contribution is 2.28. The minimum Gasteiger partial charge on any atom is -0.489 e. The van der Waals surface area contributed by atoms with Crippen LogP contribution in [-0.2, 0) is 6.61 Å². The summed E-state index contributed by atoms with van der Waals surface area (Å²) in [6.45, 7) is 2.22. The summed E-state index contributed by atoms with van der Waals surface area (Å²) in [6.07, 6.45) is 0. The van der Waals surface area contributed by atoms with Crippen LogP contribution in [0.3, 0.4) is 0 Å². The Kier molecular flexibility index (Phi) is 6.30. The summed E-state index contributed by atoms with van der Waals surface area (Å²) in [4.78, 5) is 27.6. The molecule has 8 heteroatoms. The lowest BCUT2D eigenvalue weighted by atomic mass is 10.1. The Labute approximate surface area is 184 Å². The standard InChI is InChI=1S/C24H22FN3O4/c25-20-10-8-18(9-11-20)17-32-21-5-3-4-19(16-21)24(29)27-14-12-26(13-15-27)22-6-1-2-7-23(22)28(30)31/h1-11,16H,12-15,17H2. The smallest absolute Gasteiger partial charge is 0.292 e. The maximum atomic E-state index is 13.0. The number of hydrogen-bond donors (Lipinski definition) is 0. The topological polar surface area (TPSA) is 75.9 Å². The van der Waals surface area contributed by atoms with Crippen LogP contribution in [0.25, 0.3) is 0 Å². The second kappa shape index (κ2) is 9.47. The van der Waals surface area contributed by atoms with Gasteiger partial charge in [0.25, 0.3) is 11.6 Å². The van der Waals surface area contributed by atoms with Crippen LogP contribution in [0.2, 0.25) is 0 Å². The van der Waals surface area contributed by atoms with Crippen LogP contribution in [0.1, 0.15) is 15.9 Å². The number of ether oxygens (including phenoxy) is 1. The van der Waals surface area contributed by atoms with Gasteiger partial charge < -0.3 is 14.5 Å². The zero-order valence-corrected chi connectivity index (χ0v) is 17.3. The predicted octanol–water partition coefficient (Wildman–Crippen LogP) is 4.28. The Balaban J connectivity index is 1.38. The fraction of sp³-hybridized carbons (Fsp3) is 0.208. The number of benzene rings is 3. The molecule has 1 aliphatic heterocycles. The van der Waals surface area contributed by atoms with Crippen molar-refractivity contribution in [2.45, 2.75) is 6.61 Å². The van der Waals surface area contributed by atoms with E-state index in [0.717, 1.165) is 5.56 Å². The van der Waals surface area contributed by atoms with E-state index in [1.54, 1.807) is 59.5 Å². The van der Waals surface area contributed by atoms with Gasteiger partial charge in [-0.25, -0.2) is 4.39 Å². The SMILES string of the molecule is O=C(c1cccc(OCc2ccc(F)cc2)c1)N1CCN(c2ccccc2[N+](=O)[O-])CC1. The number of nitro benzene ring substituents is 1. The highest BCUT2D eigenvalue weighted by Gasteiger charge is 2.26. The molecule has 1 saturated heterocycles. The Bertz CT molecular complexity index is 1110. The van der Waals surface area contributed by atoms with Crippen molar-refractivity contribution in [1.82, 2.24) is 4.90 Å². The first-order valence-corrected chi connectivity index (χ1v) is 10.3. The van der Waals surface area contributed by atoms with E-state index in [1.165, 1.54) is 18.2 Å². The van der Waals surface area contributed by atoms with Gasteiger partial charge in [0.1, 0.15) is 23.9 Å². The van der Waals surface area contributed by atoms with Gasteiger partial charge in [0.15, 0.2) is 0 Å². The zero-order valence-electron chi connectivity index (χ0n) is 17.3. The first-order chi connectivity index (χ1) is 15.5. The molecule has 3 aromatic carbocycles. The quantitative estimate of drug-likeness (QED) is 0.427. The molecule has 1 fully saturated rings. The van der Waals surface area contributed by atoms with Gasteiger partial charge in [-0.05, 0) is 42.0 Å². The monoisotopic (exact) mass is 435 g/mol. The summed E-state index contributed by atoms with van der Waals surface area (Å²) in [5.41, 5.74) is 1.98. The molecule has 1 amide bonds. The number of carbonyl (C=O) groups excluding carboxylic acids is 1. The fourth-order valence-electron chi connectivity index (χ4n) is 3.69. The van der Waals surface area contributed by atoms with Crippen LogP contribution < -0.4 is 9.64 Å². The normalized spacial score (nSPS) is 13.7. The Morgan fingerprint density at radius 2 is 1.69 bits per heavy atom. The number of nitro groups is 1.